The molecule has 0 bridgehead atoms. The third-order valence-corrected chi connectivity index (χ3v) is 6.10. The Balaban J connectivity index is 1.86. The second-order valence-corrected chi connectivity index (χ2v) is 8.61. The summed E-state index contributed by atoms with van der Waals surface area (Å²) >= 11 is 0. The topological polar surface area (TPSA) is 81.4 Å². The second-order valence-electron chi connectivity index (χ2n) is 6.73. The predicted molar refractivity (Wildman–Crippen MR) is 84.6 cm³/mol. The maximum Gasteiger partial charge on any atom is 0.215 e. The van der Waals surface area contributed by atoms with Crippen molar-refractivity contribution in [3.63, 3.8) is 0 Å². The van der Waals surface area contributed by atoms with Gasteiger partial charge in [0.15, 0.2) is 0 Å². The van der Waals surface area contributed by atoms with E-state index < -0.39 is 10.0 Å². The Morgan fingerprint density at radius 1 is 1.24 bits per heavy atom. The van der Waals surface area contributed by atoms with E-state index >= 15 is 0 Å². The largest absolute Gasteiger partial charge is 0.492 e. The molecule has 1 aliphatic carbocycles. The predicted octanol–water partition coefficient (Wildman–Crippen LogP) is 2.00. The van der Waals surface area contributed by atoms with Crippen LogP contribution in [-0.4, -0.2) is 26.8 Å². The number of nitrogens with two attached hydrogens (primary N) is 1. The molecular formula is C15H24N2O3S. The number of ether oxygens (including phenoxy) is 1. The normalized spacial score (nSPS) is 20.2. The van der Waals surface area contributed by atoms with Crippen molar-refractivity contribution in [1.82, 2.24) is 4.72 Å². The first-order valence-electron chi connectivity index (χ1n) is 7.04. The van der Waals surface area contributed by atoms with Crippen LogP contribution in [0.2, 0.25) is 0 Å². The van der Waals surface area contributed by atoms with Gasteiger partial charge in [-0.1, -0.05) is 33.8 Å². The van der Waals surface area contributed by atoms with Gasteiger partial charge >= 0.3 is 0 Å². The highest BCUT2D eigenvalue weighted by Crippen LogP contribution is 2.62. The number of nitrogen functional groups attached to an aromatic ring is 1. The lowest BCUT2D eigenvalue weighted by molar-refractivity contribution is 0.340. The molecule has 1 aromatic carbocycles. The van der Waals surface area contributed by atoms with Crippen molar-refractivity contribution in [2.45, 2.75) is 33.7 Å². The maximum atomic E-state index is 12.1. The zero-order chi connectivity index (χ0) is 15.9. The van der Waals surface area contributed by atoms with E-state index in [9.17, 15) is 8.42 Å². The van der Waals surface area contributed by atoms with Crippen molar-refractivity contribution in [2.24, 2.45) is 10.8 Å². The fourth-order valence-electron chi connectivity index (χ4n) is 2.60. The molecule has 1 aliphatic rings. The Hall–Kier alpha value is -1.27. The van der Waals surface area contributed by atoms with E-state index in [2.05, 4.69) is 32.4 Å². The molecule has 0 atom stereocenters. The average Bonchev–Trinajstić information content (AvgIpc) is 2.71. The molecule has 0 aromatic heterocycles. The molecule has 0 amide bonds. The molecule has 0 saturated heterocycles. The highest BCUT2D eigenvalue weighted by Gasteiger charge is 2.65. The lowest BCUT2D eigenvalue weighted by Crippen LogP contribution is -2.33. The zero-order valence-corrected chi connectivity index (χ0v) is 13.8. The van der Waals surface area contributed by atoms with E-state index in [0.29, 0.717) is 11.4 Å². The van der Waals surface area contributed by atoms with Crippen molar-refractivity contribution in [3.05, 3.63) is 24.3 Å². The minimum Gasteiger partial charge on any atom is -0.492 e. The molecule has 0 aliphatic heterocycles. The van der Waals surface area contributed by atoms with Crippen LogP contribution in [0.3, 0.4) is 0 Å². The van der Waals surface area contributed by atoms with Gasteiger partial charge in [0.2, 0.25) is 10.0 Å². The van der Waals surface area contributed by atoms with Gasteiger partial charge in [-0.25, -0.2) is 13.1 Å². The lowest BCUT2D eigenvalue weighted by Gasteiger charge is -2.10. The van der Waals surface area contributed by atoms with Gasteiger partial charge in [-0.3, -0.25) is 0 Å². The van der Waals surface area contributed by atoms with E-state index in [-0.39, 0.29) is 29.2 Å². The Morgan fingerprint density at radius 3 is 2.38 bits per heavy atom. The summed E-state index contributed by atoms with van der Waals surface area (Å²) in [6, 6.07) is 6.92. The third kappa shape index (κ3) is 3.32. The molecule has 6 heteroatoms. The zero-order valence-electron chi connectivity index (χ0n) is 13.0. The fraction of sp³-hybridized carbons (Fsp3) is 0.600. The van der Waals surface area contributed by atoms with Crippen molar-refractivity contribution in [1.29, 1.82) is 0 Å². The molecule has 0 radical (unpaired) electrons. The van der Waals surface area contributed by atoms with Gasteiger partial charge in [0, 0.05) is 17.8 Å². The molecule has 0 heterocycles. The van der Waals surface area contributed by atoms with Gasteiger partial charge in [0.1, 0.15) is 12.4 Å². The number of nitrogens with one attached hydrogen (secondary N) is 1. The quantitative estimate of drug-likeness (QED) is 0.787. The van der Waals surface area contributed by atoms with Crippen LogP contribution in [0.15, 0.2) is 24.3 Å². The van der Waals surface area contributed by atoms with Crippen LogP contribution < -0.4 is 15.2 Å². The van der Waals surface area contributed by atoms with Gasteiger partial charge in [-0.05, 0) is 23.0 Å². The number of anilines is 1. The number of sulfonamides is 1. The molecule has 2 rings (SSSR count). The van der Waals surface area contributed by atoms with Crippen LogP contribution in [0.4, 0.5) is 5.69 Å². The maximum absolute atomic E-state index is 12.1. The van der Waals surface area contributed by atoms with Crippen LogP contribution in [-0.2, 0) is 10.0 Å². The summed E-state index contributed by atoms with van der Waals surface area (Å²) in [5.74, 6) is 0.516. The third-order valence-electron chi connectivity index (χ3n) is 4.80. The Kier molecular flexibility index (Phi) is 3.97. The van der Waals surface area contributed by atoms with Gasteiger partial charge in [-0.2, -0.15) is 0 Å². The monoisotopic (exact) mass is 312 g/mol. The van der Waals surface area contributed by atoms with E-state index in [0.717, 1.165) is 0 Å². The number of hydrogen-bond donors (Lipinski definition) is 2. The van der Waals surface area contributed by atoms with Crippen molar-refractivity contribution < 1.29 is 13.2 Å². The summed E-state index contributed by atoms with van der Waals surface area (Å²) in [7, 11) is -3.35. The highest BCUT2D eigenvalue weighted by molar-refractivity contribution is 7.89. The van der Waals surface area contributed by atoms with Crippen LogP contribution in [0.1, 0.15) is 27.7 Å². The van der Waals surface area contributed by atoms with Gasteiger partial charge in [0.05, 0.1) is 5.75 Å². The van der Waals surface area contributed by atoms with Crippen molar-refractivity contribution >= 4 is 15.7 Å². The van der Waals surface area contributed by atoms with E-state index in [1.165, 1.54) is 0 Å². The number of rotatable bonds is 6. The van der Waals surface area contributed by atoms with Gasteiger partial charge in [0.25, 0.3) is 0 Å². The first-order valence-corrected chi connectivity index (χ1v) is 8.70. The lowest BCUT2D eigenvalue weighted by atomic mass is 10.0. The summed E-state index contributed by atoms with van der Waals surface area (Å²) in [5, 5.41) is 0. The Bertz CT molecular complexity index is 610. The molecule has 1 fully saturated rings. The Morgan fingerprint density at radius 2 is 1.86 bits per heavy atom. The molecule has 118 valence electrons. The van der Waals surface area contributed by atoms with Crippen molar-refractivity contribution in [2.75, 3.05) is 18.1 Å². The second kappa shape index (κ2) is 5.18. The molecule has 0 unspecified atom stereocenters. The molecule has 0 spiro atoms. The summed E-state index contributed by atoms with van der Waals surface area (Å²) < 4.78 is 32.4. The smallest absolute Gasteiger partial charge is 0.215 e. The minimum absolute atomic E-state index is 0.0190. The molecule has 5 nitrogen and oxygen atoms in total. The molecule has 3 N–H and O–H groups in total. The standard InChI is InChI=1S/C15H24N2O3S/c1-14(2)13(15(14,3)4)17-21(18,19)9-8-20-12-7-5-6-11(16)10-12/h5-7,10,13,17H,8-9,16H2,1-4H3. The average molecular weight is 312 g/mol. The molecule has 1 aromatic rings. The van der Waals surface area contributed by atoms with Crippen LogP contribution in [0, 0.1) is 10.8 Å². The number of hydrogen-bond acceptors (Lipinski definition) is 4. The van der Waals surface area contributed by atoms with Crippen LogP contribution in [0.25, 0.3) is 0 Å². The first kappa shape index (κ1) is 16.1. The summed E-state index contributed by atoms with van der Waals surface area (Å²) in [6.07, 6.45) is 0. The van der Waals surface area contributed by atoms with Crippen LogP contribution >= 0.6 is 0 Å². The van der Waals surface area contributed by atoms with Crippen LogP contribution in [0.5, 0.6) is 5.75 Å². The van der Waals surface area contributed by atoms with E-state index in [1.54, 1.807) is 24.3 Å². The molecule has 1 saturated carbocycles. The highest BCUT2D eigenvalue weighted by atomic mass is 32.2. The minimum atomic E-state index is -3.35. The van der Waals surface area contributed by atoms with Crippen molar-refractivity contribution in [3.8, 4) is 5.75 Å². The number of benzene rings is 1. The SMILES string of the molecule is CC1(C)C(NS(=O)(=O)CCOc2cccc(N)c2)C1(C)C. The fourth-order valence-corrected chi connectivity index (χ4v) is 3.97. The summed E-state index contributed by atoms with van der Waals surface area (Å²) in [6.45, 7) is 8.39. The molecule has 21 heavy (non-hydrogen) atoms. The summed E-state index contributed by atoms with van der Waals surface area (Å²) in [5.41, 5.74) is 6.19. The summed E-state index contributed by atoms with van der Waals surface area (Å²) in [4.78, 5) is 0. The Labute approximate surface area is 126 Å². The van der Waals surface area contributed by atoms with E-state index in [4.69, 9.17) is 10.5 Å². The molecular weight excluding hydrogens is 288 g/mol. The first-order chi connectivity index (χ1) is 9.56. The van der Waals surface area contributed by atoms with Gasteiger partial charge < -0.3 is 10.5 Å². The van der Waals surface area contributed by atoms with Gasteiger partial charge in [-0.15, -0.1) is 0 Å². The van der Waals surface area contributed by atoms with E-state index in [1.807, 2.05) is 0 Å².